The maximum absolute atomic E-state index is 12.5. The molecule has 0 aliphatic carbocycles. The van der Waals surface area contributed by atoms with Crippen LogP contribution in [-0.2, 0) is 16.1 Å². The maximum Gasteiger partial charge on any atom is 0.349 e. The lowest BCUT2D eigenvalue weighted by molar-refractivity contribution is -0.136. The largest absolute Gasteiger partial charge is 0.493 e. The van der Waals surface area contributed by atoms with E-state index in [0.717, 1.165) is 62.0 Å². The van der Waals surface area contributed by atoms with E-state index < -0.39 is 12.1 Å². The molecule has 0 saturated carbocycles. The summed E-state index contributed by atoms with van der Waals surface area (Å²) < 4.78 is 46.0. The van der Waals surface area contributed by atoms with Gasteiger partial charge in [-0.25, -0.2) is 9.78 Å². The van der Waals surface area contributed by atoms with Crippen molar-refractivity contribution in [2.24, 2.45) is 0 Å². The highest BCUT2D eigenvalue weighted by atomic mass is 16.6. The molecule has 1 atom stereocenters. The van der Waals surface area contributed by atoms with Crippen LogP contribution in [0.3, 0.4) is 0 Å². The Balaban J connectivity index is 1.11. The van der Waals surface area contributed by atoms with E-state index in [2.05, 4.69) is 15.7 Å². The second kappa shape index (κ2) is 18.3. The standard InChI is InChI=1S/C41H45N3O10/c1-47-36-15-9-30(23-38(36)49-3)35(45)26-52-31-12-7-29(8-13-31)41-42-34(25-44(41)18-17-43-19-21-51-22-20-43)28-5-10-32(11-6-28)53-27-40(46)54-33-14-16-37(48-2)39(24-33)50-4/h5-16,23-25,35,45H,17-22,26-27H2,1-4H3. The van der Waals surface area contributed by atoms with E-state index in [-0.39, 0.29) is 13.2 Å². The number of imidazole rings is 1. The Hall–Kier alpha value is -5.76. The lowest BCUT2D eigenvalue weighted by Crippen LogP contribution is -2.38. The first-order valence-corrected chi connectivity index (χ1v) is 17.5. The zero-order valence-electron chi connectivity index (χ0n) is 30.9. The molecule has 13 nitrogen and oxygen atoms in total. The molecule has 4 aromatic carbocycles. The molecule has 0 bridgehead atoms. The molecule has 2 heterocycles. The number of hydrogen-bond donors (Lipinski definition) is 1. The summed E-state index contributed by atoms with van der Waals surface area (Å²) in [6.07, 6.45) is 1.19. The summed E-state index contributed by atoms with van der Waals surface area (Å²) in [7, 11) is 6.17. The fraction of sp³-hybridized carbons (Fsp3) is 0.317. The molecule has 6 rings (SSSR count). The number of ether oxygens (including phenoxy) is 8. The third-order valence-electron chi connectivity index (χ3n) is 8.94. The van der Waals surface area contributed by atoms with E-state index in [1.54, 1.807) is 62.8 Å². The van der Waals surface area contributed by atoms with Gasteiger partial charge in [-0.15, -0.1) is 0 Å². The van der Waals surface area contributed by atoms with Crippen LogP contribution in [0.15, 0.2) is 91.1 Å². The first-order chi connectivity index (χ1) is 26.4. The number of aromatic nitrogens is 2. The smallest absolute Gasteiger partial charge is 0.349 e. The number of carbonyl (C=O) groups is 1. The molecule has 5 aromatic rings. The number of morpholine rings is 1. The Bertz CT molecular complexity index is 1970. The highest BCUT2D eigenvalue weighted by molar-refractivity contribution is 5.74. The molecule has 0 amide bonds. The minimum Gasteiger partial charge on any atom is -0.493 e. The second-order valence-electron chi connectivity index (χ2n) is 12.4. The Morgan fingerprint density at radius 3 is 1.98 bits per heavy atom. The molecule has 1 aromatic heterocycles. The summed E-state index contributed by atoms with van der Waals surface area (Å²) in [5.41, 5.74) is 3.27. The molecular formula is C41H45N3O10. The summed E-state index contributed by atoms with van der Waals surface area (Å²) in [5.74, 6) is 3.83. The predicted octanol–water partition coefficient (Wildman–Crippen LogP) is 5.68. The summed E-state index contributed by atoms with van der Waals surface area (Å²) in [6, 6.07) is 25.2. The summed E-state index contributed by atoms with van der Waals surface area (Å²) in [5, 5.41) is 10.8. The second-order valence-corrected chi connectivity index (χ2v) is 12.4. The number of esters is 1. The lowest BCUT2D eigenvalue weighted by Gasteiger charge is -2.26. The maximum atomic E-state index is 12.5. The van der Waals surface area contributed by atoms with Crippen LogP contribution < -0.4 is 33.2 Å². The zero-order valence-corrected chi connectivity index (χ0v) is 30.9. The fourth-order valence-electron chi connectivity index (χ4n) is 5.97. The van der Waals surface area contributed by atoms with E-state index in [1.807, 2.05) is 36.4 Å². The number of benzene rings is 4. The van der Waals surface area contributed by atoms with E-state index in [9.17, 15) is 9.90 Å². The van der Waals surface area contributed by atoms with Gasteiger partial charge >= 0.3 is 5.97 Å². The van der Waals surface area contributed by atoms with Gasteiger partial charge in [0.1, 0.15) is 35.8 Å². The monoisotopic (exact) mass is 739 g/mol. The van der Waals surface area contributed by atoms with Crippen molar-refractivity contribution in [1.82, 2.24) is 14.5 Å². The van der Waals surface area contributed by atoms with Crippen LogP contribution in [-0.4, -0.2) is 100 Å². The molecule has 13 heteroatoms. The van der Waals surface area contributed by atoms with E-state index >= 15 is 0 Å². The highest BCUT2D eigenvalue weighted by Crippen LogP contribution is 2.33. The van der Waals surface area contributed by atoms with Crippen molar-refractivity contribution >= 4 is 5.97 Å². The van der Waals surface area contributed by atoms with Gasteiger partial charge in [-0.3, -0.25) is 4.90 Å². The van der Waals surface area contributed by atoms with Gasteiger partial charge in [-0.2, -0.15) is 0 Å². The van der Waals surface area contributed by atoms with E-state index in [1.165, 1.54) is 14.2 Å². The summed E-state index contributed by atoms with van der Waals surface area (Å²) in [4.78, 5) is 19.9. The van der Waals surface area contributed by atoms with E-state index in [4.69, 9.17) is 42.9 Å². The fourth-order valence-corrected chi connectivity index (χ4v) is 5.97. The molecule has 1 saturated heterocycles. The molecule has 1 N–H and O–H groups in total. The minimum absolute atomic E-state index is 0.0615. The number of methoxy groups -OCH3 is 4. The molecule has 284 valence electrons. The van der Waals surface area contributed by atoms with Crippen LogP contribution in [0.4, 0.5) is 0 Å². The van der Waals surface area contributed by atoms with Gasteiger partial charge in [0.2, 0.25) is 0 Å². The van der Waals surface area contributed by atoms with Crippen molar-refractivity contribution in [3.63, 3.8) is 0 Å². The third kappa shape index (κ3) is 9.61. The summed E-state index contributed by atoms with van der Waals surface area (Å²) in [6.45, 7) is 4.62. The van der Waals surface area contributed by atoms with Crippen LogP contribution >= 0.6 is 0 Å². The quantitative estimate of drug-likeness (QED) is 0.0930. The Morgan fingerprint density at radius 1 is 0.722 bits per heavy atom. The third-order valence-corrected chi connectivity index (χ3v) is 8.94. The van der Waals surface area contributed by atoms with Crippen LogP contribution in [0.2, 0.25) is 0 Å². The van der Waals surface area contributed by atoms with Gasteiger partial charge in [0, 0.05) is 49.6 Å². The first-order valence-electron chi connectivity index (χ1n) is 17.5. The first kappa shape index (κ1) is 38.0. The molecule has 0 spiro atoms. The topological polar surface area (TPSA) is 132 Å². The van der Waals surface area contributed by atoms with Gasteiger partial charge in [-0.1, -0.05) is 6.07 Å². The normalized spacial score (nSPS) is 13.5. The van der Waals surface area contributed by atoms with Gasteiger partial charge in [-0.05, 0) is 78.4 Å². The number of aliphatic hydroxyl groups is 1. The van der Waals surface area contributed by atoms with Gasteiger partial charge in [0.15, 0.2) is 29.6 Å². The average Bonchev–Trinajstić information content (AvgIpc) is 3.65. The minimum atomic E-state index is -0.860. The van der Waals surface area contributed by atoms with Crippen molar-refractivity contribution in [3.05, 3.63) is 96.7 Å². The lowest BCUT2D eigenvalue weighted by atomic mass is 10.1. The van der Waals surface area contributed by atoms with Gasteiger partial charge < -0.3 is 47.6 Å². The molecular weight excluding hydrogens is 694 g/mol. The Morgan fingerprint density at radius 2 is 1.31 bits per heavy atom. The molecule has 1 fully saturated rings. The molecule has 1 unspecified atom stereocenters. The number of rotatable bonds is 17. The molecule has 54 heavy (non-hydrogen) atoms. The Kier molecular flexibility index (Phi) is 12.9. The molecule has 1 aliphatic rings. The number of hydrogen-bond acceptors (Lipinski definition) is 12. The molecule has 0 radical (unpaired) electrons. The number of carbonyl (C=O) groups excluding carboxylic acids is 1. The summed E-state index contributed by atoms with van der Waals surface area (Å²) >= 11 is 0. The van der Waals surface area contributed by atoms with Crippen molar-refractivity contribution in [3.8, 4) is 62.9 Å². The van der Waals surface area contributed by atoms with Crippen LogP contribution in [0.5, 0.6) is 40.2 Å². The molecule has 1 aliphatic heterocycles. The Labute approximate surface area is 314 Å². The van der Waals surface area contributed by atoms with Gasteiger partial charge in [0.05, 0.1) is 47.3 Å². The van der Waals surface area contributed by atoms with E-state index in [0.29, 0.717) is 45.8 Å². The highest BCUT2D eigenvalue weighted by Gasteiger charge is 2.17. The SMILES string of the molecule is COc1ccc(OC(=O)COc2ccc(-c3cn(CCN4CCOCC4)c(-c4ccc(OCC(O)c5ccc(OC)c(OC)c5)cc4)n3)cc2)cc1OC. The van der Waals surface area contributed by atoms with Gasteiger partial charge in [0.25, 0.3) is 0 Å². The number of aliphatic hydroxyl groups excluding tert-OH is 1. The van der Waals surface area contributed by atoms with Crippen LogP contribution in [0, 0.1) is 0 Å². The van der Waals surface area contributed by atoms with Crippen LogP contribution in [0.1, 0.15) is 11.7 Å². The van der Waals surface area contributed by atoms with Crippen molar-refractivity contribution in [1.29, 1.82) is 0 Å². The van der Waals surface area contributed by atoms with Crippen molar-refractivity contribution in [2.45, 2.75) is 12.6 Å². The van der Waals surface area contributed by atoms with Crippen molar-refractivity contribution < 1.29 is 47.8 Å². The van der Waals surface area contributed by atoms with Crippen molar-refractivity contribution in [2.75, 3.05) is 74.5 Å². The predicted molar refractivity (Wildman–Crippen MR) is 201 cm³/mol. The average molecular weight is 740 g/mol. The van der Waals surface area contributed by atoms with Crippen LogP contribution in [0.25, 0.3) is 22.6 Å². The zero-order chi connectivity index (χ0) is 37.9. The number of nitrogens with zero attached hydrogens (tertiary/aromatic N) is 3.